The Morgan fingerprint density at radius 3 is 2.86 bits per heavy atom. The van der Waals surface area contributed by atoms with E-state index >= 15 is 0 Å². The van der Waals surface area contributed by atoms with Gasteiger partial charge in [-0.25, -0.2) is 4.98 Å². The number of hydrogen-bond donors (Lipinski definition) is 1. The van der Waals surface area contributed by atoms with Crippen LogP contribution in [0.15, 0.2) is 6.20 Å². The Morgan fingerprint density at radius 1 is 1.57 bits per heavy atom. The summed E-state index contributed by atoms with van der Waals surface area (Å²) >= 11 is 0. The van der Waals surface area contributed by atoms with Gasteiger partial charge in [-0.2, -0.15) is 0 Å². The van der Waals surface area contributed by atoms with Gasteiger partial charge in [0, 0.05) is 13.2 Å². The Hall–Kier alpha value is -0.830. The smallest absolute Gasteiger partial charge is 0.125 e. The molecule has 2 heterocycles. The lowest BCUT2D eigenvalue weighted by atomic mass is 10.1. The van der Waals surface area contributed by atoms with Crippen LogP contribution in [0, 0.1) is 0 Å². The van der Waals surface area contributed by atoms with Gasteiger partial charge < -0.3 is 9.88 Å². The Balaban J connectivity index is 2.24. The van der Waals surface area contributed by atoms with Gasteiger partial charge in [0.2, 0.25) is 0 Å². The number of aryl methyl sites for hydroxylation is 1. The molecule has 14 heavy (non-hydrogen) atoms. The van der Waals surface area contributed by atoms with Crippen LogP contribution in [0.2, 0.25) is 0 Å². The average molecular weight is 193 g/mol. The normalized spacial score (nSPS) is 22.1. The molecule has 1 saturated heterocycles. The van der Waals surface area contributed by atoms with Gasteiger partial charge in [0.25, 0.3) is 0 Å². The third kappa shape index (κ3) is 1.69. The van der Waals surface area contributed by atoms with E-state index in [1.807, 2.05) is 0 Å². The van der Waals surface area contributed by atoms with E-state index in [2.05, 4.69) is 37.0 Å². The maximum absolute atomic E-state index is 4.69. The molecule has 1 aromatic heterocycles. The highest BCUT2D eigenvalue weighted by atomic mass is 15.1. The first-order valence-electron chi connectivity index (χ1n) is 5.45. The standard InChI is InChI=1S/C11H19N3/c1-8(2)10-7-14(3)11(13-10)9-5-4-6-12-9/h7-9,12H,4-6H2,1-3H3. The predicted octanol–water partition coefficient (Wildman–Crippen LogP) is 1.97. The zero-order valence-corrected chi connectivity index (χ0v) is 9.25. The van der Waals surface area contributed by atoms with Crippen molar-refractivity contribution < 1.29 is 0 Å². The Morgan fingerprint density at radius 2 is 2.36 bits per heavy atom. The van der Waals surface area contributed by atoms with Crippen LogP contribution in [-0.2, 0) is 7.05 Å². The number of imidazole rings is 1. The molecule has 0 radical (unpaired) electrons. The number of rotatable bonds is 2. The van der Waals surface area contributed by atoms with Gasteiger partial charge in [-0.1, -0.05) is 13.8 Å². The fourth-order valence-electron chi connectivity index (χ4n) is 2.01. The zero-order valence-electron chi connectivity index (χ0n) is 9.25. The fourth-order valence-corrected chi connectivity index (χ4v) is 2.01. The van der Waals surface area contributed by atoms with Crippen molar-refractivity contribution in [3.8, 4) is 0 Å². The molecule has 78 valence electrons. The van der Waals surface area contributed by atoms with Crippen molar-refractivity contribution in [2.24, 2.45) is 7.05 Å². The minimum atomic E-state index is 0.479. The summed E-state index contributed by atoms with van der Waals surface area (Å²) in [6, 6.07) is 0.479. The summed E-state index contributed by atoms with van der Waals surface area (Å²) in [6.07, 6.45) is 4.65. The number of nitrogens with zero attached hydrogens (tertiary/aromatic N) is 2. The second kappa shape index (κ2) is 3.73. The van der Waals surface area contributed by atoms with E-state index < -0.39 is 0 Å². The largest absolute Gasteiger partial charge is 0.336 e. The van der Waals surface area contributed by atoms with Crippen molar-refractivity contribution in [2.75, 3.05) is 6.54 Å². The number of nitrogens with one attached hydrogen (secondary N) is 1. The highest BCUT2D eigenvalue weighted by Gasteiger charge is 2.21. The lowest BCUT2D eigenvalue weighted by Gasteiger charge is -2.08. The van der Waals surface area contributed by atoms with Gasteiger partial charge in [0.15, 0.2) is 0 Å². The first kappa shape index (κ1) is 9.71. The molecule has 0 bridgehead atoms. The Bertz CT molecular complexity index is 308. The summed E-state index contributed by atoms with van der Waals surface area (Å²) in [5, 5.41) is 3.48. The van der Waals surface area contributed by atoms with E-state index in [4.69, 9.17) is 4.98 Å². The average Bonchev–Trinajstić information content (AvgIpc) is 2.71. The van der Waals surface area contributed by atoms with Gasteiger partial charge in [-0.15, -0.1) is 0 Å². The number of aromatic nitrogens is 2. The number of hydrogen-bond acceptors (Lipinski definition) is 2. The molecule has 2 rings (SSSR count). The van der Waals surface area contributed by atoms with Crippen LogP contribution in [0.25, 0.3) is 0 Å². The molecular formula is C11H19N3. The summed E-state index contributed by atoms with van der Waals surface area (Å²) in [5.41, 5.74) is 1.20. The van der Waals surface area contributed by atoms with Gasteiger partial charge in [0.05, 0.1) is 11.7 Å². The lowest BCUT2D eigenvalue weighted by molar-refractivity contribution is 0.578. The van der Waals surface area contributed by atoms with Crippen LogP contribution in [0.5, 0.6) is 0 Å². The third-order valence-corrected chi connectivity index (χ3v) is 2.89. The summed E-state index contributed by atoms with van der Waals surface area (Å²) in [5.74, 6) is 1.72. The summed E-state index contributed by atoms with van der Waals surface area (Å²) in [7, 11) is 2.09. The Kier molecular flexibility index (Phi) is 2.59. The van der Waals surface area contributed by atoms with Crippen LogP contribution in [-0.4, -0.2) is 16.1 Å². The van der Waals surface area contributed by atoms with Crippen molar-refractivity contribution >= 4 is 0 Å². The molecule has 0 saturated carbocycles. The molecule has 1 aliphatic rings. The summed E-state index contributed by atoms with van der Waals surface area (Å²) in [4.78, 5) is 4.69. The predicted molar refractivity (Wildman–Crippen MR) is 57.3 cm³/mol. The fraction of sp³-hybridized carbons (Fsp3) is 0.727. The van der Waals surface area contributed by atoms with E-state index in [-0.39, 0.29) is 0 Å². The zero-order chi connectivity index (χ0) is 10.1. The van der Waals surface area contributed by atoms with Crippen molar-refractivity contribution in [3.05, 3.63) is 17.7 Å². The van der Waals surface area contributed by atoms with Crippen LogP contribution in [0.4, 0.5) is 0 Å². The summed E-state index contributed by atoms with van der Waals surface area (Å²) in [6.45, 7) is 5.51. The highest BCUT2D eigenvalue weighted by Crippen LogP contribution is 2.23. The molecule has 1 atom stereocenters. The van der Waals surface area contributed by atoms with E-state index in [1.165, 1.54) is 24.4 Å². The first-order chi connectivity index (χ1) is 6.68. The second-order valence-electron chi connectivity index (χ2n) is 4.44. The van der Waals surface area contributed by atoms with Gasteiger partial charge in [0.1, 0.15) is 5.82 Å². The molecule has 1 unspecified atom stereocenters. The maximum Gasteiger partial charge on any atom is 0.125 e. The molecule has 0 spiro atoms. The third-order valence-electron chi connectivity index (χ3n) is 2.89. The van der Waals surface area contributed by atoms with E-state index in [0.29, 0.717) is 12.0 Å². The van der Waals surface area contributed by atoms with Crippen LogP contribution >= 0.6 is 0 Å². The van der Waals surface area contributed by atoms with Crippen molar-refractivity contribution in [2.45, 2.75) is 38.6 Å². The van der Waals surface area contributed by atoms with Crippen molar-refractivity contribution in [3.63, 3.8) is 0 Å². The van der Waals surface area contributed by atoms with Gasteiger partial charge in [-0.3, -0.25) is 0 Å². The van der Waals surface area contributed by atoms with Crippen molar-refractivity contribution in [1.82, 2.24) is 14.9 Å². The molecule has 0 aromatic carbocycles. The van der Waals surface area contributed by atoms with Crippen LogP contribution < -0.4 is 5.32 Å². The van der Waals surface area contributed by atoms with Crippen LogP contribution in [0.3, 0.4) is 0 Å². The summed E-state index contributed by atoms with van der Waals surface area (Å²) < 4.78 is 2.16. The molecule has 1 fully saturated rings. The minimum absolute atomic E-state index is 0.479. The molecule has 0 aliphatic carbocycles. The first-order valence-corrected chi connectivity index (χ1v) is 5.45. The molecule has 3 heteroatoms. The van der Waals surface area contributed by atoms with E-state index in [9.17, 15) is 0 Å². The van der Waals surface area contributed by atoms with Gasteiger partial charge >= 0.3 is 0 Å². The minimum Gasteiger partial charge on any atom is -0.336 e. The van der Waals surface area contributed by atoms with E-state index in [0.717, 1.165) is 6.54 Å². The topological polar surface area (TPSA) is 29.9 Å². The monoisotopic (exact) mass is 193 g/mol. The molecule has 1 aromatic rings. The quantitative estimate of drug-likeness (QED) is 0.778. The van der Waals surface area contributed by atoms with Gasteiger partial charge in [-0.05, 0) is 25.3 Å². The van der Waals surface area contributed by atoms with Crippen LogP contribution in [0.1, 0.15) is 50.2 Å². The van der Waals surface area contributed by atoms with Crippen molar-refractivity contribution in [1.29, 1.82) is 0 Å². The molecular weight excluding hydrogens is 174 g/mol. The Labute approximate surface area is 85.5 Å². The lowest BCUT2D eigenvalue weighted by Crippen LogP contribution is -2.16. The molecule has 1 aliphatic heterocycles. The SMILES string of the molecule is CC(C)c1cn(C)c(C2CCCN2)n1. The molecule has 3 nitrogen and oxygen atoms in total. The van der Waals surface area contributed by atoms with E-state index in [1.54, 1.807) is 0 Å². The highest BCUT2D eigenvalue weighted by molar-refractivity contribution is 5.11. The molecule has 0 amide bonds. The second-order valence-corrected chi connectivity index (χ2v) is 4.44. The maximum atomic E-state index is 4.69. The molecule has 1 N–H and O–H groups in total.